The van der Waals surface area contributed by atoms with Crippen molar-refractivity contribution in [2.45, 2.75) is 39.3 Å². The van der Waals surface area contributed by atoms with Crippen LogP contribution in [-0.4, -0.2) is 11.8 Å². The van der Waals surface area contributed by atoms with Gasteiger partial charge < -0.3 is 14.8 Å². The minimum atomic E-state index is 0.111. The average molecular weight is 304 g/mol. The Morgan fingerprint density at radius 2 is 2.10 bits per heavy atom. The zero-order valence-corrected chi connectivity index (χ0v) is 13.4. The fraction of sp³-hybridized carbons (Fsp3) is 0.438. The number of para-hydroxylation sites is 1. The molecule has 3 rings (SSSR count). The molecule has 1 aromatic carbocycles. The summed E-state index contributed by atoms with van der Waals surface area (Å²) in [5.74, 6) is 1.69. The number of hydrogen-bond donors (Lipinski definition) is 1. The highest BCUT2D eigenvalue weighted by Gasteiger charge is 2.18. The van der Waals surface area contributed by atoms with Gasteiger partial charge in [-0.15, -0.1) is 11.3 Å². The van der Waals surface area contributed by atoms with E-state index in [1.807, 2.05) is 12.1 Å². The highest BCUT2D eigenvalue weighted by Crippen LogP contribution is 2.35. The molecule has 0 fully saturated rings. The predicted molar refractivity (Wildman–Crippen MR) is 83.9 cm³/mol. The average Bonchev–Trinajstić information content (AvgIpc) is 3.06. The zero-order valence-electron chi connectivity index (χ0n) is 12.6. The Morgan fingerprint density at radius 1 is 1.24 bits per heavy atom. The Kier molecular flexibility index (Phi) is 3.87. The third kappa shape index (κ3) is 3.19. The molecule has 0 aliphatic carbocycles. The molecule has 1 aliphatic rings. The Bertz CT molecular complexity index is 631. The topological polar surface area (TPSA) is 43.4 Å². The van der Waals surface area contributed by atoms with Crippen molar-refractivity contribution in [1.82, 2.24) is 10.3 Å². The summed E-state index contributed by atoms with van der Waals surface area (Å²) in [6.07, 6.45) is 0. The highest BCUT2D eigenvalue weighted by molar-refractivity contribution is 7.09. The van der Waals surface area contributed by atoms with Gasteiger partial charge in [0.2, 0.25) is 6.79 Å². The van der Waals surface area contributed by atoms with Crippen LogP contribution in [0, 0.1) is 0 Å². The van der Waals surface area contributed by atoms with Gasteiger partial charge in [0.15, 0.2) is 11.5 Å². The van der Waals surface area contributed by atoms with E-state index in [1.54, 1.807) is 11.3 Å². The number of nitrogens with one attached hydrogen (secondary N) is 1. The number of hydrogen-bond acceptors (Lipinski definition) is 5. The third-order valence-electron chi connectivity index (χ3n) is 3.39. The second-order valence-electron chi connectivity index (χ2n) is 6.13. The lowest BCUT2D eigenvalue weighted by atomic mass is 9.93. The molecule has 0 radical (unpaired) electrons. The lowest BCUT2D eigenvalue weighted by Gasteiger charge is -2.14. The minimum Gasteiger partial charge on any atom is -0.454 e. The first-order valence-corrected chi connectivity index (χ1v) is 7.95. The van der Waals surface area contributed by atoms with Crippen molar-refractivity contribution in [2.24, 2.45) is 0 Å². The predicted octanol–water partition coefficient (Wildman–Crippen LogP) is 3.46. The maximum absolute atomic E-state index is 5.51. The van der Waals surface area contributed by atoms with Crippen molar-refractivity contribution in [3.63, 3.8) is 0 Å². The summed E-state index contributed by atoms with van der Waals surface area (Å²) in [5, 5.41) is 6.69. The first kappa shape index (κ1) is 14.4. The quantitative estimate of drug-likeness (QED) is 0.939. The first-order chi connectivity index (χ1) is 10.0. The fourth-order valence-electron chi connectivity index (χ4n) is 2.17. The number of ether oxygens (including phenoxy) is 2. The number of benzene rings is 1. The van der Waals surface area contributed by atoms with E-state index in [-0.39, 0.29) is 5.41 Å². The SMILES string of the molecule is CC(C)(C)c1csc(CNCc2cccc3c2OCO3)n1. The molecule has 0 spiro atoms. The van der Waals surface area contributed by atoms with Crippen LogP contribution in [0.4, 0.5) is 0 Å². The van der Waals surface area contributed by atoms with E-state index < -0.39 is 0 Å². The third-order valence-corrected chi connectivity index (χ3v) is 4.24. The number of nitrogens with zero attached hydrogens (tertiary/aromatic N) is 1. The van der Waals surface area contributed by atoms with E-state index in [1.165, 1.54) is 0 Å². The van der Waals surface area contributed by atoms with Gasteiger partial charge in [0.05, 0.1) is 5.69 Å². The molecule has 4 nitrogen and oxygen atoms in total. The number of fused-ring (bicyclic) bond motifs is 1. The molecule has 112 valence electrons. The van der Waals surface area contributed by atoms with Crippen LogP contribution in [0.25, 0.3) is 0 Å². The molecule has 0 saturated heterocycles. The maximum Gasteiger partial charge on any atom is 0.231 e. The number of rotatable bonds is 4. The Balaban J connectivity index is 1.60. The van der Waals surface area contributed by atoms with E-state index in [9.17, 15) is 0 Å². The van der Waals surface area contributed by atoms with Gasteiger partial charge in [0.25, 0.3) is 0 Å². The monoisotopic (exact) mass is 304 g/mol. The van der Waals surface area contributed by atoms with E-state index in [4.69, 9.17) is 9.47 Å². The molecule has 1 aliphatic heterocycles. The molecular weight excluding hydrogens is 284 g/mol. The first-order valence-electron chi connectivity index (χ1n) is 7.07. The van der Waals surface area contributed by atoms with Crippen LogP contribution in [0.15, 0.2) is 23.6 Å². The van der Waals surface area contributed by atoms with Gasteiger partial charge in [0.1, 0.15) is 5.01 Å². The van der Waals surface area contributed by atoms with Crippen LogP contribution in [0.3, 0.4) is 0 Å². The van der Waals surface area contributed by atoms with Crippen LogP contribution < -0.4 is 14.8 Å². The molecule has 0 atom stereocenters. The number of aromatic nitrogens is 1. The van der Waals surface area contributed by atoms with Crippen LogP contribution >= 0.6 is 11.3 Å². The zero-order chi connectivity index (χ0) is 14.9. The van der Waals surface area contributed by atoms with Crippen LogP contribution in [0.2, 0.25) is 0 Å². The van der Waals surface area contributed by atoms with Crippen molar-refractivity contribution in [2.75, 3.05) is 6.79 Å². The summed E-state index contributed by atoms with van der Waals surface area (Å²) in [7, 11) is 0. The summed E-state index contributed by atoms with van der Waals surface area (Å²) < 4.78 is 10.9. The second kappa shape index (κ2) is 5.66. The fourth-order valence-corrected chi connectivity index (χ4v) is 3.16. The molecule has 5 heteroatoms. The van der Waals surface area contributed by atoms with Gasteiger partial charge in [-0.2, -0.15) is 0 Å². The molecular formula is C16H20N2O2S. The smallest absolute Gasteiger partial charge is 0.231 e. The van der Waals surface area contributed by atoms with Crippen molar-refractivity contribution in [3.8, 4) is 11.5 Å². The summed E-state index contributed by atoms with van der Waals surface area (Å²) in [4.78, 5) is 4.69. The lowest BCUT2D eigenvalue weighted by molar-refractivity contribution is 0.173. The van der Waals surface area contributed by atoms with Crippen molar-refractivity contribution < 1.29 is 9.47 Å². The molecule has 0 bridgehead atoms. The van der Waals surface area contributed by atoms with Crippen molar-refractivity contribution in [1.29, 1.82) is 0 Å². The highest BCUT2D eigenvalue weighted by atomic mass is 32.1. The van der Waals surface area contributed by atoms with E-state index in [0.29, 0.717) is 6.79 Å². The van der Waals surface area contributed by atoms with Crippen LogP contribution in [0.1, 0.15) is 37.0 Å². The Labute approximate surface area is 129 Å². The number of thiazole rings is 1. The molecule has 1 aromatic heterocycles. The van der Waals surface area contributed by atoms with Gasteiger partial charge in [-0.25, -0.2) is 4.98 Å². The van der Waals surface area contributed by atoms with Gasteiger partial charge in [0, 0.05) is 29.4 Å². The Morgan fingerprint density at radius 3 is 2.86 bits per heavy atom. The molecule has 2 heterocycles. The summed E-state index contributed by atoms with van der Waals surface area (Å²) >= 11 is 1.71. The van der Waals surface area contributed by atoms with Crippen molar-refractivity contribution >= 4 is 11.3 Å². The normalized spacial score (nSPS) is 13.7. The van der Waals surface area contributed by atoms with E-state index in [0.717, 1.165) is 40.9 Å². The molecule has 1 N–H and O–H groups in total. The molecule has 0 saturated carbocycles. The lowest BCUT2D eigenvalue weighted by Crippen LogP contribution is -2.15. The Hall–Kier alpha value is -1.59. The van der Waals surface area contributed by atoms with Gasteiger partial charge >= 0.3 is 0 Å². The maximum atomic E-state index is 5.51. The largest absolute Gasteiger partial charge is 0.454 e. The van der Waals surface area contributed by atoms with Gasteiger partial charge in [-0.1, -0.05) is 32.9 Å². The second-order valence-corrected chi connectivity index (χ2v) is 7.07. The molecule has 2 aromatic rings. The summed E-state index contributed by atoms with van der Waals surface area (Å²) in [6, 6.07) is 5.98. The molecule has 0 amide bonds. The van der Waals surface area contributed by atoms with E-state index in [2.05, 4.69) is 42.5 Å². The van der Waals surface area contributed by atoms with Gasteiger partial charge in [-0.3, -0.25) is 0 Å². The minimum absolute atomic E-state index is 0.111. The summed E-state index contributed by atoms with van der Waals surface area (Å²) in [5.41, 5.74) is 2.39. The molecule has 0 unspecified atom stereocenters. The van der Waals surface area contributed by atoms with Crippen molar-refractivity contribution in [3.05, 3.63) is 39.8 Å². The summed E-state index contributed by atoms with van der Waals surface area (Å²) in [6.45, 7) is 8.38. The molecule has 21 heavy (non-hydrogen) atoms. The standard InChI is InChI=1S/C16H20N2O2S/c1-16(2,3)13-9-21-14(18-13)8-17-7-11-5-4-6-12-15(11)20-10-19-12/h4-6,9,17H,7-8,10H2,1-3H3. The van der Waals surface area contributed by atoms with E-state index >= 15 is 0 Å². The van der Waals surface area contributed by atoms with Gasteiger partial charge in [-0.05, 0) is 6.07 Å². The van der Waals surface area contributed by atoms with Crippen LogP contribution in [-0.2, 0) is 18.5 Å². The van der Waals surface area contributed by atoms with Crippen LogP contribution in [0.5, 0.6) is 11.5 Å².